The highest BCUT2D eigenvalue weighted by atomic mass is 16.8. The van der Waals surface area contributed by atoms with Gasteiger partial charge in [-0.3, -0.25) is 4.79 Å². The second kappa shape index (κ2) is 7.61. The molecule has 0 saturated carbocycles. The number of carbonyl (C=O) groups excluding carboxylic acids is 2. The monoisotopic (exact) mass is 443 g/mol. The summed E-state index contributed by atoms with van der Waals surface area (Å²) >= 11 is 0. The highest BCUT2D eigenvalue weighted by Crippen LogP contribution is 2.46. The Balaban J connectivity index is 1.43. The number of anilines is 1. The molecule has 0 amide bonds. The minimum Gasteiger partial charge on any atom is -0.463 e. The van der Waals surface area contributed by atoms with Crippen LogP contribution in [-0.4, -0.2) is 76.7 Å². The molecule has 3 aliphatic rings. The number of nitrogen functional groups attached to an aromatic ring is 1. The zero-order valence-electron chi connectivity index (χ0n) is 18.3. The van der Waals surface area contributed by atoms with Crippen LogP contribution in [-0.2, 0) is 29.3 Å². The van der Waals surface area contributed by atoms with E-state index >= 15 is 0 Å². The highest BCUT2D eigenvalue weighted by Gasteiger charge is 2.65. The smallest absolute Gasteiger partial charge is 0.463 e. The molecule has 0 aliphatic carbocycles. The number of nitrogens with zero attached hydrogens (tertiary/aromatic N) is 5. The average molecular weight is 443 g/mol. The predicted molar refractivity (Wildman–Crippen MR) is 106 cm³/mol. The lowest BCUT2D eigenvalue weighted by atomic mass is 9.92. The summed E-state index contributed by atoms with van der Waals surface area (Å²) in [7, 11) is 2.00. The van der Waals surface area contributed by atoms with Crippen LogP contribution in [0.2, 0.25) is 0 Å². The normalized spacial score (nSPS) is 30.9. The fourth-order valence-corrected chi connectivity index (χ4v) is 4.49. The van der Waals surface area contributed by atoms with Crippen molar-refractivity contribution >= 4 is 23.5 Å². The first-order chi connectivity index (χ1) is 15.8. The lowest BCUT2D eigenvalue weighted by molar-refractivity contribution is -0.157. The van der Waals surface area contributed by atoms with E-state index in [9.17, 15) is 14.9 Å². The van der Waals surface area contributed by atoms with E-state index in [1.807, 2.05) is 7.05 Å². The molecule has 168 valence electrons. The van der Waals surface area contributed by atoms with Gasteiger partial charge in [0.15, 0.2) is 18.0 Å². The molecule has 3 fully saturated rings. The first-order valence-corrected chi connectivity index (χ1v) is 10.2. The van der Waals surface area contributed by atoms with Gasteiger partial charge in [0, 0.05) is 0 Å². The molecule has 0 radical (unpaired) electrons. The Kier molecular flexibility index (Phi) is 4.58. The number of hydrogen-bond donors (Lipinski definition) is 1. The second-order valence-corrected chi connectivity index (χ2v) is 8.16. The number of likely N-dealkylation sites (tertiary alicyclic amines) is 1. The minimum atomic E-state index is -1.86. The summed E-state index contributed by atoms with van der Waals surface area (Å²) in [5, 5.41) is 14.3. The van der Waals surface area contributed by atoms with Crippen LogP contribution in [0.3, 0.4) is 0 Å². The molecule has 2 aromatic rings. The number of nitrogens with two attached hydrogens (primary N) is 1. The zero-order chi connectivity index (χ0) is 23.3. The van der Waals surface area contributed by atoms with E-state index in [4.69, 9.17) is 26.1 Å². The van der Waals surface area contributed by atoms with Gasteiger partial charge in [0.05, 0.1) is 13.0 Å². The number of carbonyl (C=O) groups is 2. The van der Waals surface area contributed by atoms with Gasteiger partial charge >= 0.3 is 12.1 Å². The van der Waals surface area contributed by atoms with Crippen molar-refractivity contribution in [3.63, 3.8) is 0 Å². The van der Waals surface area contributed by atoms with E-state index in [1.165, 1.54) is 16.9 Å². The summed E-state index contributed by atoms with van der Waals surface area (Å²) < 4.78 is 31.6. The van der Waals surface area contributed by atoms with E-state index in [-0.39, 0.29) is 41.6 Å². The number of rotatable bonds is 4. The lowest BCUT2D eigenvalue weighted by Crippen LogP contribution is -2.39. The van der Waals surface area contributed by atoms with Crippen molar-refractivity contribution in [2.75, 3.05) is 32.5 Å². The van der Waals surface area contributed by atoms with Crippen LogP contribution < -0.4 is 5.73 Å². The van der Waals surface area contributed by atoms with Gasteiger partial charge in [0.2, 0.25) is 5.60 Å². The average Bonchev–Trinajstić information content (AvgIpc) is 3.44. The van der Waals surface area contributed by atoms with Crippen molar-refractivity contribution in [3.8, 4) is 6.07 Å². The fraction of sp³-hybridized carbons (Fsp3) is 0.550. The van der Waals surface area contributed by atoms with Crippen LogP contribution in [0.1, 0.15) is 19.9 Å². The molecule has 5 rings (SSSR count). The molecule has 0 aromatic carbocycles. The molecule has 4 atom stereocenters. The maximum Gasteiger partial charge on any atom is 0.509 e. The molecule has 5 heterocycles. The number of fused-ring (bicyclic) bond motifs is 2. The SMILES string of the molecule is [2H]c1cc([C@]2(C#N)O[C@H](COC(=O)C3CCN(C)CC3)[C@H]3OC(=O)O[C@H]32)n2ncnc(N)c12. The minimum absolute atomic E-state index is 0.0275. The van der Waals surface area contributed by atoms with Gasteiger partial charge in [-0.05, 0) is 45.1 Å². The molecule has 2 N–H and O–H groups in total. The molecule has 0 spiro atoms. The van der Waals surface area contributed by atoms with Crippen LogP contribution in [0.4, 0.5) is 10.6 Å². The fourth-order valence-electron chi connectivity index (χ4n) is 4.49. The molecular weight excluding hydrogens is 420 g/mol. The Bertz CT molecular complexity index is 1160. The highest BCUT2D eigenvalue weighted by molar-refractivity contribution is 5.72. The maximum atomic E-state index is 12.6. The van der Waals surface area contributed by atoms with Crippen LogP contribution in [0, 0.1) is 17.2 Å². The third kappa shape index (κ3) is 3.12. The topological polar surface area (TPSA) is 154 Å². The van der Waals surface area contributed by atoms with Gasteiger partial charge in [-0.15, -0.1) is 0 Å². The quantitative estimate of drug-likeness (QED) is 0.645. The van der Waals surface area contributed by atoms with Gasteiger partial charge < -0.3 is 29.6 Å². The zero-order valence-corrected chi connectivity index (χ0v) is 17.3. The number of nitriles is 1. The van der Waals surface area contributed by atoms with Crippen molar-refractivity contribution in [2.24, 2.45) is 5.92 Å². The van der Waals surface area contributed by atoms with Crippen LogP contribution in [0.25, 0.3) is 5.52 Å². The Morgan fingerprint density at radius 1 is 1.47 bits per heavy atom. The second-order valence-electron chi connectivity index (χ2n) is 8.16. The van der Waals surface area contributed by atoms with E-state index in [0.29, 0.717) is 12.8 Å². The van der Waals surface area contributed by atoms with E-state index in [0.717, 1.165) is 13.1 Å². The van der Waals surface area contributed by atoms with Gasteiger partial charge in [-0.25, -0.2) is 14.3 Å². The van der Waals surface area contributed by atoms with Gasteiger partial charge in [-0.1, -0.05) is 0 Å². The Hall–Kier alpha value is -3.43. The van der Waals surface area contributed by atoms with Crippen molar-refractivity contribution in [1.82, 2.24) is 19.5 Å². The van der Waals surface area contributed by atoms with Crippen LogP contribution in [0.5, 0.6) is 0 Å². The van der Waals surface area contributed by atoms with Crippen molar-refractivity contribution in [1.29, 1.82) is 5.26 Å². The van der Waals surface area contributed by atoms with Gasteiger partial charge in [-0.2, -0.15) is 10.4 Å². The third-order valence-electron chi connectivity index (χ3n) is 6.24. The summed E-state index contributed by atoms with van der Waals surface area (Å²) in [6, 6.07) is 3.40. The Morgan fingerprint density at radius 3 is 3.00 bits per heavy atom. The molecule has 3 saturated heterocycles. The lowest BCUT2D eigenvalue weighted by Gasteiger charge is -2.28. The molecule has 3 aliphatic heterocycles. The predicted octanol–water partition coefficient (Wildman–Crippen LogP) is 0.218. The molecule has 0 unspecified atom stereocenters. The summed E-state index contributed by atoms with van der Waals surface area (Å²) in [5.41, 5.74) is 4.35. The van der Waals surface area contributed by atoms with Gasteiger partial charge in [0.25, 0.3) is 0 Å². The molecule has 12 heteroatoms. The number of ether oxygens (including phenoxy) is 4. The number of hydrogen-bond acceptors (Lipinski definition) is 11. The maximum absolute atomic E-state index is 12.6. The van der Waals surface area contributed by atoms with Gasteiger partial charge in [0.1, 0.15) is 30.6 Å². The molecule has 2 aromatic heterocycles. The Labute approximate surface area is 184 Å². The van der Waals surface area contributed by atoms with Crippen LogP contribution in [0.15, 0.2) is 18.4 Å². The standard InChI is InChI=1S/C20H22N6O6/c1-25-6-4-11(5-7-25)18(27)29-8-13-15-16(31-19(28)30-15)20(9-21,32-13)14-3-2-12-17(22)23-10-24-26(12)14/h2-3,10-11,13,15-16H,4-8H2,1H3,(H2,22,23,24)/t13-,15-,16-,20+/m1/s1/i2D. The Morgan fingerprint density at radius 2 is 2.25 bits per heavy atom. The molecular formula is C20H22N6O6. The third-order valence-corrected chi connectivity index (χ3v) is 6.24. The van der Waals surface area contributed by atoms with Crippen LogP contribution >= 0.6 is 0 Å². The number of esters is 1. The summed E-state index contributed by atoms with van der Waals surface area (Å²) in [5.74, 6) is -0.529. The van der Waals surface area contributed by atoms with Crippen molar-refractivity contribution in [2.45, 2.75) is 36.8 Å². The summed E-state index contributed by atoms with van der Waals surface area (Å²) in [4.78, 5) is 30.6. The molecule has 0 bridgehead atoms. The van der Waals surface area contributed by atoms with E-state index in [1.54, 1.807) is 0 Å². The van der Waals surface area contributed by atoms with E-state index < -0.39 is 30.1 Å². The van der Waals surface area contributed by atoms with E-state index in [2.05, 4.69) is 21.1 Å². The molecule has 12 nitrogen and oxygen atoms in total. The number of piperidine rings is 1. The summed E-state index contributed by atoms with van der Waals surface area (Å²) in [6.07, 6.45) is -1.48. The number of aromatic nitrogens is 3. The first kappa shape index (κ1) is 19.3. The molecule has 32 heavy (non-hydrogen) atoms. The first-order valence-electron chi connectivity index (χ1n) is 10.7. The summed E-state index contributed by atoms with van der Waals surface area (Å²) in [6.45, 7) is 1.38. The largest absolute Gasteiger partial charge is 0.509 e. The van der Waals surface area contributed by atoms with Crippen molar-refractivity contribution in [3.05, 3.63) is 24.1 Å². The van der Waals surface area contributed by atoms with Crippen molar-refractivity contribution < 1.29 is 29.9 Å².